The monoisotopic (exact) mass is 435 g/mol. The molecular formula is C26H30ClN3O. The van der Waals surface area contributed by atoms with Crippen LogP contribution in [0.1, 0.15) is 44.3 Å². The molecule has 2 aromatic carbocycles. The average Bonchev–Trinajstić information content (AvgIpc) is 3.20. The van der Waals surface area contributed by atoms with Crippen molar-refractivity contribution >= 4 is 39.2 Å². The van der Waals surface area contributed by atoms with Gasteiger partial charge < -0.3 is 15.1 Å². The zero-order chi connectivity index (χ0) is 21.3. The molecule has 0 aliphatic rings. The fraction of sp³-hybridized carbons (Fsp3) is 0.346. The zero-order valence-electron chi connectivity index (χ0n) is 17.9. The number of unbranched alkanes of at least 4 members (excludes halogenated alkanes) is 5. The van der Waals surface area contributed by atoms with Gasteiger partial charge in [-0.2, -0.15) is 0 Å². The van der Waals surface area contributed by atoms with Gasteiger partial charge in [-0.05, 0) is 55.8 Å². The molecule has 4 nitrogen and oxygen atoms in total. The lowest BCUT2D eigenvalue weighted by atomic mass is 10.1. The third-order valence-electron chi connectivity index (χ3n) is 5.58. The summed E-state index contributed by atoms with van der Waals surface area (Å²) in [4.78, 5) is 4.39. The molecule has 162 valence electrons. The molecule has 2 N–H and O–H groups in total. The minimum atomic E-state index is 0.724. The maximum atomic E-state index is 6.06. The van der Waals surface area contributed by atoms with Crippen LogP contribution in [0.25, 0.3) is 21.9 Å². The van der Waals surface area contributed by atoms with Crippen molar-refractivity contribution in [2.45, 2.75) is 45.1 Å². The second-order valence-electron chi connectivity index (χ2n) is 8.00. The minimum Gasteiger partial charge on any atom is -0.460 e. The smallest absolute Gasteiger partial charge is 0.134 e. The van der Waals surface area contributed by atoms with E-state index >= 15 is 0 Å². The summed E-state index contributed by atoms with van der Waals surface area (Å²) < 4.78 is 5.83. The maximum Gasteiger partial charge on any atom is 0.134 e. The van der Waals surface area contributed by atoms with Gasteiger partial charge in [0.15, 0.2) is 0 Å². The molecular weight excluding hydrogens is 406 g/mol. The van der Waals surface area contributed by atoms with Crippen molar-refractivity contribution < 1.29 is 4.42 Å². The fourth-order valence-corrected chi connectivity index (χ4v) is 4.08. The summed E-state index contributed by atoms with van der Waals surface area (Å²) in [6.45, 7) is 2.83. The number of furan rings is 1. The molecule has 4 aromatic rings. The standard InChI is InChI=1S/C26H30ClN3O/c27-21-11-12-23-24(13-16-30-25(23)18-21)29-15-8-4-2-1-3-7-14-28-19-22-17-20-9-5-6-10-26(20)31-22/h5-6,9-13,16-18,28H,1-4,7-8,14-15,19H2,(H,29,30). The molecule has 31 heavy (non-hydrogen) atoms. The van der Waals surface area contributed by atoms with Crippen LogP contribution in [-0.4, -0.2) is 18.1 Å². The third-order valence-corrected chi connectivity index (χ3v) is 5.81. The Morgan fingerprint density at radius 3 is 2.52 bits per heavy atom. The summed E-state index contributed by atoms with van der Waals surface area (Å²) in [5, 5.41) is 10.1. The topological polar surface area (TPSA) is 50.1 Å². The van der Waals surface area contributed by atoms with E-state index < -0.39 is 0 Å². The quantitative estimate of drug-likeness (QED) is 0.231. The van der Waals surface area contributed by atoms with E-state index in [0.29, 0.717) is 0 Å². The normalized spacial score (nSPS) is 11.4. The van der Waals surface area contributed by atoms with Crippen molar-refractivity contribution in [1.29, 1.82) is 0 Å². The Bertz CT molecular complexity index is 1080. The third kappa shape index (κ3) is 6.22. The van der Waals surface area contributed by atoms with Gasteiger partial charge in [-0.1, -0.05) is 55.5 Å². The van der Waals surface area contributed by atoms with Gasteiger partial charge in [-0.15, -0.1) is 0 Å². The SMILES string of the molecule is Clc1ccc2c(NCCCCCCCCNCc3cc4ccccc4o3)ccnc2c1. The molecule has 5 heteroatoms. The molecule has 4 rings (SSSR count). The van der Waals surface area contributed by atoms with Crippen LogP contribution < -0.4 is 10.6 Å². The van der Waals surface area contributed by atoms with E-state index in [1.807, 2.05) is 48.7 Å². The number of aromatic nitrogens is 1. The number of nitrogens with one attached hydrogen (secondary N) is 2. The van der Waals surface area contributed by atoms with Gasteiger partial charge >= 0.3 is 0 Å². The van der Waals surface area contributed by atoms with Crippen LogP contribution in [0.3, 0.4) is 0 Å². The molecule has 0 fully saturated rings. The Kier molecular flexibility index (Phi) is 7.81. The van der Waals surface area contributed by atoms with E-state index in [9.17, 15) is 0 Å². The molecule has 0 atom stereocenters. The van der Waals surface area contributed by atoms with Crippen LogP contribution in [0, 0.1) is 0 Å². The van der Waals surface area contributed by atoms with Crippen molar-refractivity contribution in [3.63, 3.8) is 0 Å². The lowest BCUT2D eigenvalue weighted by Crippen LogP contribution is -2.14. The predicted molar refractivity (Wildman–Crippen MR) is 131 cm³/mol. The van der Waals surface area contributed by atoms with E-state index in [2.05, 4.69) is 27.8 Å². The second kappa shape index (κ2) is 11.2. The summed E-state index contributed by atoms with van der Waals surface area (Å²) in [5.41, 5.74) is 3.04. The number of halogens is 1. The Balaban J connectivity index is 1.04. The van der Waals surface area contributed by atoms with Gasteiger partial charge in [0.1, 0.15) is 11.3 Å². The highest BCUT2D eigenvalue weighted by atomic mass is 35.5. The first-order valence-corrected chi connectivity index (χ1v) is 11.6. The van der Waals surface area contributed by atoms with Gasteiger partial charge in [0, 0.05) is 34.2 Å². The van der Waals surface area contributed by atoms with Crippen molar-refractivity contribution in [2.75, 3.05) is 18.4 Å². The number of fused-ring (bicyclic) bond motifs is 2. The summed E-state index contributed by atoms with van der Waals surface area (Å²) in [5.74, 6) is 1.01. The highest BCUT2D eigenvalue weighted by molar-refractivity contribution is 6.31. The Hall–Kier alpha value is -2.56. The Morgan fingerprint density at radius 2 is 1.65 bits per heavy atom. The summed E-state index contributed by atoms with van der Waals surface area (Å²) >= 11 is 6.06. The van der Waals surface area contributed by atoms with Gasteiger partial charge in [0.2, 0.25) is 0 Å². The number of hydrogen-bond donors (Lipinski definition) is 2. The number of rotatable bonds is 12. The van der Waals surface area contributed by atoms with Gasteiger partial charge in [-0.25, -0.2) is 0 Å². The van der Waals surface area contributed by atoms with Gasteiger partial charge in [0.25, 0.3) is 0 Å². The number of pyridine rings is 1. The molecule has 0 amide bonds. The molecule has 0 aliphatic carbocycles. The van der Waals surface area contributed by atoms with Crippen molar-refractivity contribution in [1.82, 2.24) is 10.3 Å². The maximum absolute atomic E-state index is 6.06. The first-order valence-electron chi connectivity index (χ1n) is 11.3. The molecule has 0 saturated carbocycles. The minimum absolute atomic E-state index is 0.724. The number of hydrogen-bond acceptors (Lipinski definition) is 4. The van der Waals surface area contributed by atoms with Crippen LogP contribution in [0.2, 0.25) is 5.02 Å². The van der Waals surface area contributed by atoms with E-state index in [0.717, 1.165) is 52.6 Å². The van der Waals surface area contributed by atoms with E-state index in [1.165, 1.54) is 43.9 Å². The first kappa shape index (κ1) is 21.7. The summed E-state index contributed by atoms with van der Waals surface area (Å²) in [6, 6.07) is 18.2. The van der Waals surface area contributed by atoms with E-state index in [4.69, 9.17) is 16.0 Å². The highest BCUT2D eigenvalue weighted by Crippen LogP contribution is 2.24. The van der Waals surface area contributed by atoms with Crippen LogP contribution in [0.4, 0.5) is 5.69 Å². The summed E-state index contributed by atoms with van der Waals surface area (Å²) in [6.07, 6.45) is 9.35. The van der Waals surface area contributed by atoms with Crippen molar-refractivity contribution in [3.8, 4) is 0 Å². The molecule has 0 aliphatic heterocycles. The molecule has 0 unspecified atom stereocenters. The van der Waals surface area contributed by atoms with Gasteiger partial charge in [0.05, 0.1) is 12.1 Å². The number of benzene rings is 2. The number of para-hydroxylation sites is 1. The molecule has 2 heterocycles. The Morgan fingerprint density at radius 1 is 0.839 bits per heavy atom. The molecule has 0 radical (unpaired) electrons. The molecule has 0 saturated heterocycles. The molecule has 2 aromatic heterocycles. The van der Waals surface area contributed by atoms with Crippen molar-refractivity contribution in [3.05, 3.63) is 71.6 Å². The Labute approximate surface area is 189 Å². The lowest BCUT2D eigenvalue weighted by molar-refractivity contribution is 0.501. The van der Waals surface area contributed by atoms with E-state index in [1.54, 1.807) is 0 Å². The van der Waals surface area contributed by atoms with Crippen LogP contribution in [0.15, 0.2) is 65.2 Å². The number of nitrogens with zero attached hydrogens (tertiary/aromatic N) is 1. The van der Waals surface area contributed by atoms with Crippen molar-refractivity contribution in [2.24, 2.45) is 0 Å². The lowest BCUT2D eigenvalue weighted by Gasteiger charge is -2.09. The largest absolute Gasteiger partial charge is 0.460 e. The highest BCUT2D eigenvalue weighted by Gasteiger charge is 2.03. The molecule has 0 spiro atoms. The van der Waals surface area contributed by atoms with Crippen LogP contribution in [0.5, 0.6) is 0 Å². The number of anilines is 1. The van der Waals surface area contributed by atoms with Crippen LogP contribution >= 0.6 is 11.6 Å². The average molecular weight is 436 g/mol. The van der Waals surface area contributed by atoms with Crippen LogP contribution in [-0.2, 0) is 6.54 Å². The van der Waals surface area contributed by atoms with Gasteiger partial charge in [-0.3, -0.25) is 4.98 Å². The van der Waals surface area contributed by atoms with E-state index in [-0.39, 0.29) is 0 Å². The first-order chi connectivity index (χ1) is 15.3. The fourth-order valence-electron chi connectivity index (χ4n) is 3.92. The molecule has 0 bridgehead atoms. The second-order valence-corrected chi connectivity index (χ2v) is 8.43. The summed E-state index contributed by atoms with van der Waals surface area (Å²) in [7, 11) is 0. The zero-order valence-corrected chi connectivity index (χ0v) is 18.6. The predicted octanol–water partition coefficient (Wildman–Crippen LogP) is 7.18.